The average molecular weight is 311 g/mol. The number of primary amides is 1. The van der Waals surface area contributed by atoms with E-state index in [1.165, 1.54) is 6.42 Å². The van der Waals surface area contributed by atoms with Crippen LogP contribution in [0.2, 0.25) is 0 Å². The minimum absolute atomic E-state index is 0.205. The first kappa shape index (κ1) is 17.7. The molecule has 0 aromatic carbocycles. The summed E-state index contributed by atoms with van der Waals surface area (Å²) in [6, 6.07) is 0.273. The van der Waals surface area contributed by atoms with Crippen molar-refractivity contribution in [3.63, 3.8) is 0 Å². The molecule has 22 heavy (non-hydrogen) atoms. The SMILES string of the molecule is CC(C)CCNC1(C(N)=O)CCN([C@@H]2CCCC[C@H]2O)CC1. The van der Waals surface area contributed by atoms with Crippen LogP contribution >= 0.6 is 0 Å². The lowest BCUT2D eigenvalue weighted by Crippen LogP contribution is -2.63. The minimum Gasteiger partial charge on any atom is -0.391 e. The molecule has 128 valence electrons. The number of nitrogens with one attached hydrogen (secondary N) is 1. The Morgan fingerprint density at radius 2 is 1.95 bits per heavy atom. The molecule has 2 aliphatic rings. The van der Waals surface area contributed by atoms with Gasteiger partial charge in [-0.3, -0.25) is 9.69 Å². The third-order valence-electron chi connectivity index (χ3n) is 5.47. The summed E-state index contributed by atoms with van der Waals surface area (Å²) in [7, 11) is 0. The van der Waals surface area contributed by atoms with Gasteiger partial charge in [0.1, 0.15) is 5.54 Å². The molecule has 0 spiro atoms. The van der Waals surface area contributed by atoms with Crippen LogP contribution in [-0.4, -0.2) is 53.2 Å². The minimum atomic E-state index is -0.551. The number of piperidine rings is 1. The summed E-state index contributed by atoms with van der Waals surface area (Å²) in [5.41, 5.74) is 5.15. The molecule has 1 heterocycles. The van der Waals surface area contributed by atoms with E-state index in [2.05, 4.69) is 24.1 Å². The van der Waals surface area contributed by atoms with Crippen LogP contribution < -0.4 is 11.1 Å². The highest BCUT2D eigenvalue weighted by molar-refractivity contribution is 5.84. The van der Waals surface area contributed by atoms with Gasteiger partial charge in [-0.05, 0) is 44.6 Å². The molecule has 2 rings (SSSR count). The van der Waals surface area contributed by atoms with Crippen LogP contribution in [0.15, 0.2) is 0 Å². The Bertz CT molecular complexity index is 365. The number of carbonyl (C=O) groups excluding carboxylic acids is 1. The summed E-state index contributed by atoms with van der Waals surface area (Å²) in [5.74, 6) is 0.398. The lowest BCUT2D eigenvalue weighted by molar-refractivity contribution is -0.127. The molecule has 1 saturated carbocycles. The van der Waals surface area contributed by atoms with E-state index < -0.39 is 5.54 Å². The Morgan fingerprint density at radius 1 is 1.32 bits per heavy atom. The van der Waals surface area contributed by atoms with Crippen LogP contribution in [0.5, 0.6) is 0 Å². The molecule has 0 bridgehead atoms. The summed E-state index contributed by atoms with van der Waals surface area (Å²) in [6.45, 7) is 6.91. The summed E-state index contributed by atoms with van der Waals surface area (Å²) in [6.07, 6.45) is 6.68. The van der Waals surface area contributed by atoms with E-state index in [4.69, 9.17) is 5.73 Å². The van der Waals surface area contributed by atoms with E-state index in [0.29, 0.717) is 5.92 Å². The fourth-order valence-electron chi connectivity index (χ4n) is 3.87. The number of rotatable bonds is 6. The fourth-order valence-corrected chi connectivity index (χ4v) is 3.87. The maximum atomic E-state index is 12.0. The number of nitrogens with zero attached hydrogens (tertiary/aromatic N) is 1. The molecule has 1 aliphatic heterocycles. The molecule has 0 aromatic rings. The van der Waals surface area contributed by atoms with Gasteiger partial charge in [0.05, 0.1) is 6.10 Å². The van der Waals surface area contributed by atoms with Gasteiger partial charge in [0.15, 0.2) is 0 Å². The van der Waals surface area contributed by atoms with Crippen LogP contribution in [0.4, 0.5) is 0 Å². The molecule has 1 aliphatic carbocycles. The molecule has 5 heteroatoms. The quantitative estimate of drug-likeness (QED) is 0.690. The molecule has 2 atom stereocenters. The summed E-state index contributed by atoms with van der Waals surface area (Å²) < 4.78 is 0. The lowest BCUT2D eigenvalue weighted by atomic mass is 9.83. The Labute approximate surface area is 134 Å². The number of likely N-dealkylation sites (tertiary alicyclic amines) is 1. The van der Waals surface area contributed by atoms with E-state index >= 15 is 0 Å². The summed E-state index contributed by atoms with van der Waals surface area (Å²) in [5, 5.41) is 13.7. The van der Waals surface area contributed by atoms with Gasteiger partial charge in [-0.25, -0.2) is 0 Å². The zero-order chi connectivity index (χ0) is 16.2. The second-order valence-electron chi connectivity index (χ2n) is 7.51. The third-order valence-corrected chi connectivity index (χ3v) is 5.47. The second-order valence-corrected chi connectivity index (χ2v) is 7.51. The Kier molecular flexibility index (Phi) is 6.24. The number of carbonyl (C=O) groups is 1. The highest BCUT2D eigenvalue weighted by atomic mass is 16.3. The van der Waals surface area contributed by atoms with Crippen molar-refractivity contribution in [1.82, 2.24) is 10.2 Å². The summed E-state index contributed by atoms with van der Waals surface area (Å²) in [4.78, 5) is 14.4. The van der Waals surface area contributed by atoms with Crippen molar-refractivity contribution in [3.05, 3.63) is 0 Å². The molecular weight excluding hydrogens is 278 g/mol. The van der Waals surface area contributed by atoms with Crippen molar-refractivity contribution < 1.29 is 9.90 Å². The van der Waals surface area contributed by atoms with Crippen molar-refractivity contribution in [2.75, 3.05) is 19.6 Å². The van der Waals surface area contributed by atoms with Crippen molar-refractivity contribution in [3.8, 4) is 0 Å². The van der Waals surface area contributed by atoms with Crippen LogP contribution in [0.1, 0.15) is 58.8 Å². The predicted octanol–water partition coefficient (Wildman–Crippen LogP) is 1.25. The second kappa shape index (κ2) is 7.75. The number of aliphatic hydroxyl groups excluding tert-OH is 1. The first-order valence-electron chi connectivity index (χ1n) is 8.92. The normalized spacial score (nSPS) is 29.6. The highest BCUT2D eigenvalue weighted by Gasteiger charge is 2.41. The number of hydrogen-bond donors (Lipinski definition) is 3. The first-order valence-corrected chi connectivity index (χ1v) is 8.92. The standard InChI is InChI=1S/C17H33N3O2/c1-13(2)7-10-19-17(16(18)22)8-11-20(12-9-17)14-5-3-4-6-15(14)21/h13-15,19,21H,3-12H2,1-2H3,(H2,18,22)/t14-,15-/m1/s1. The predicted molar refractivity (Wildman–Crippen MR) is 88.5 cm³/mol. The Morgan fingerprint density at radius 3 is 2.50 bits per heavy atom. The molecule has 1 saturated heterocycles. The smallest absolute Gasteiger partial charge is 0.237 e. The molecule has 1 amide bonds. The van der Waals surface area contributed by atoms with Gasteiger partial charge in [-0.15, -0.1) is 0 Å². The molecule has 4 N–H and O–H groups in total. The maximum Gasteiger partial charge on any atom is 0.237 e. The summed E-state index contributed by atoms with van der Waals surface area (Å²) >= 11 is 0. The van der Waals surface area contributed by atoms with Crippen LogP contribution in [-0.2, 0) is 4.79 Å². The van der Waals surface area contributed by atoms with E-state index in [-0.39, 0.29) is 18.1 Å². The van der Waals surface area contributed by atoms with Gasteiger partial charge in [0.2, 0.25) is 5.91 Å². The average Bonchev–Trinajstić information content (AvgIpc) is 2.48. The van der Waals surface area contributed by atoms with E-state index in [0.717, 1.165) is 58.2 Å². The van der Waals surface area contributed by atoms with Crippen molar-refractivity contribution in [1.29, 1.82) is 0 Å². The van der Waals surface area contributed by atoms with Crippen LogP contribution in [0.25, 0.3) is 0 Å². The fraction of sp³-hybridized carbons (Fsp3) is 0.941. The van der Waals surface area contributed by atoms with Gasteiger partial charge in [0.25, 0.3) is 0 Å². The van der Waals surface area contributed by atoms with Gasteiger partial charge < -0.3 is 16.2 Å². The number of amides is 1. The molecule has 5 nitrogen and oxygen atoms in total. The Hall–Kier alpha value is -0.650. The molecule has 0 unspecified atom stereocenters. The van der Waals surface area contributed by atoms with Crippen LogP contribution in [0, 0.1) is 5.92 Å². The van der Waals surface area contributed by atoms with Crippen LogP contribution in [0.3, 0.4) is 0 Å². The van der Waals surface area contributed by atoms with Crippen molar-refractivity contribution in [2.45, 2.75) is 76.5 Å². The van der Waals surface area contributed by atoms with Gasteiger partial charge in [0, 0.05) is 19.1 Å². The number of aliphatic hydroxyl groups is 1. The van der Waals surface area contributed by atoms with Crippen molar-refractivity contribution in [2.24, 2.45) is 11.7 Å². The van der Waals surface area contributed by atoms with E-state index in [1.54, 1.807) is 0 Å². The van der Waals surface area contributed by atoms with Gasteiger partial charge in [-0.1, -0.05) is 26.7 Å². The zero-order valence-electron chi connectivity index (χ0n) is 14.2. The first-order chi connectivity index (χ1) is 10.4. The van der Waals surface area contributed by atoms with Gasteiger partial charge in [-0.2, -0.15) is 0 Å². The molecular formula is C17H33N3O2. The topological polar surface area (TPSA) is 78.6 Å². The number of nitrogens with two attached hydrogens (primary N) is 1. The molecule has 0 radical (unpaired) electrons. The maximum absolute atomic E-state index is 12.0. The Balaban J connectivity index is 1.90. The third kappa shape index (κ3) is 4.21. The monoisotopic (exact) mass is 311 g/mol. The van der Waals surface area contributed by atoms with E-state index in [9.17, 15) is 9.90 Å². The molecule has 2 fully saturated rings. The largest absolute Gasteiger partial charge is 0.391 e. The van der Waals surface area contributed by atoms with Gasteiger partial charge >= 0.3 is 0 Å². The number of hydrogen-bond acceptors (Lipinski definition) is 4. The lowest BCUT2D eigenvalue weighted by Gasteiger charge is -2.45. The van der Waals surface area contributed by atoms with Crippen molar-refractivity contribution >= 4 is 5.91 Å². The zero-order valence-corrected chi connectivity index (χ0v) is 14.2. The molecule has 0 aromatic heterocycles. The van der Waals surface area contributed by atoms with E-state index in [1.807, 2.05) is 0 Å². The highest BCUT2D eigenvalue weighted by Crippen LogP contribution is 2.29.